The number of carbonyl (C=O) groups is 1. The fourth-order valence-corrected chi connectivity index (χ4v) is 4.11. The molecule has 0 atom stereocenters. The van der Waals surface area contributed by atoms with Crippen molar-refractivity contribution >= 4 is 45.3 Å². The molecule has 2 aromatic carbocycles. The first-order valence-electron chi connectivity index (χ1n) is 9.21. The maximum atomic E-state index is 12.8. The normalized spacial score (nSPS) is 10.2. The van der Waals surface area contributed by atoms with Crippen LogP contribution in [-0.4, -0.2) is 31.9 Å². The topological polar surface area (TPSA) is 68.8 Å². The third-order valence-corrected chi connectivity index (χ3v) is 5.32. The van der Waals surface area contributed by atoms with E-state index in [9.17, 15) is 4.79 Å². The Labute approximate surface area is 184 Å². The van der Waals surface area contributed by atoms with Crippen LogP contribution in [0.25, 0.3) is 11.1 Å². The van der Waals surface area contributed by atoms with E-state index in [1.165, 1.54) is 11.3 Å². The summed E-state index contributed by atoms with van der Waals surface area (Å²) in [5.74, 6) is 0.765. The van der Waals surface area contributed by atoms with E-state index in [2.05, 4.69) is 10.6 Å². The number of methoxy groups -OCH3 is 2. The molecular weight excluding hydrogens is 420 g/mol. The van der Waals surface area contributed by atoms with Gasteiger partial charge in [0.05, 0.1) is 20.8 Å². The second-order valence-electron chi connectivity index (χ2n) is 6.09. The highest BCUT2D eigenvalue weighted by atomic mass is 32.1. The van der Waals surface area contributed by atoms with Crippen molar-refractivity contribution in [3.8, 4) is 22.6 Å². The molecule has 0 amide bonds. The Kier molecular flexibility index (Phi) is 7.26. The third kappa shape index (κ3) is 4.90. The standard InChI is InChI=1S/C22H22N2O4S2/c1-4-28-21(25)19-16(14-10-11-17(26-2)18(12-14)27-3)13-30-20(19)24-22(29)23-15-8-6-5-7-9-15/h5-13H,4H2,1-3H3,(H2,23,24,29). The van der Waals surface area contributed by atoms with Gasteiger partial charge in [-0.25, -0.2) is 4.79 Å². The van der Waals surface area contributed by atoms with Crippen LogP contribution in [0.3, 0.4) is 0 Å². The molecule has 6 nitrogen and oxygen atoms in total. The molecule has 0 saturated carbocycles. The minimum absolute atomic E-state index is 0.270. The van der Waals surface area contributed by atoms with Gasteiger partial charge in [0.2, 0.25) is 0 Å². The van der Waals surface area contributed by atoms with Crippen LogP contribution in [0.5, 0.6) is 11.5 Å². The fourth-order valence-electron chi connectivity index (χ4n) is 2.86. The van der Waals surface area contributed by atoms with Crippen LogP contribution < -0.4 is 20.1 Å². The molecule has 1 aromatic heterocycles. The Morgan fingerprint density at radius 1 is 1.03 bits per heavy atom. The average molecular weight is 443 g/mol. The lowest BCUT2D eigenvalue weighted by molar-refractivity contribution is 0.0529. The van der Waals surface area contributed by atoms with Crippen LogP contribution in [0.4, 0.5) is 10.7 Å². The summed E-state index contributed by atoms with van der Waals surface area (Å²) in [6.45, 7) is 2.04. The molecule has 30 heavy (non-hydrogen) atoms. The van der Waals surface area contributed by atoms with Crippen LogP contribution in [0.1, 0.15) is 17.3 Å². The zero-order valence-corrected chi connectivity index (χ0v) is 18.5. The summed E-state index contributed by atoms with van der Waals surface area (Å²) >= 11 is 6.80. The van der Waals surface area contributed by atoms with Crippen molar-refractivity contribution in [3.05, 3.63) is 59.5 Å². The number of hydrogen-bond acceptors (Lipinski definition) is 6. The summed E-state index contributed by atoms with van der Waals surface area (Å²) in [5, 5.41) is 9.11. The molecular formula is C22H22N2O4S2. The van der Waals surface area contributed by atoms with E-state index < -0.39 is 5.97 Å². The number of esters is 1. The Bertz CT molecular complexity index is 1030. The van der Waals surface area contributed by atoms with E-state index in [0.29, 0.717) is 27.2 Å². The largest absolute Gasteiger partial charge is 0.493 e. The summed E-state index contributed by atoms with van der Waals surface area (Å²) in [7, 11) is 3.15. The van der Waals surface area contributed by atoms with Crippen molar-refractivity contribution in [2.75, 3.05) is 31.5 Å². The SMILES string of the molecule is CCOC(=O)c1c(-c2ccc(OC)c(OC)c2)csc1NC(=S)Nc1ccccc1. The Balaban J connectivity index is 1.94. The van der Waals surface area contributed by atoms with Crippen LogP contribution in [-0.2, 0) is 4.74 Å². The number of benzene rings is 2. The van der Waals surface area contributed by atoms with Gasteiger partial charge < -0.3 is 24.8 Å². The van der Waals surface area contributed by atoms with E-state index in [1.54, 1.807) is 27.2 Å². The summed E-state index contributed by atoms with van der Waals surface area (Å²) in [4.78, 5) is 12.8. The molecule has 2 N–H and O–H groups in total. The van der Waals surface area contributed by atoms with Crippen LogP contribution in [0.15, 0.2) is 53.9 Å². The van der Waals surface area contributed by atoms with Crippen molar-refractivity contribution in [1.82, 2.24) is 0 Å². The number of para-hydroxylation sites is 1. The second kappa shape index (κ2) is 10.1. The first kappa shape index (κ1) is 21.6. The van der Waals surface area contributed by atoms with Gasteiger partial charge in [0.25, 0.3) is 0 Å². The van der Waals surface area contributed by atoms with Gasteiger partial charge in [-0.1, -0.05) is 24.3 Å². The molecule has 0 aliphatic rings. The van der Waals surface area contributed by atoms with Gasteiger partial charge in [0, 0.05) is 16.6 Å². The maximum Gasteiger partial charge on any atom is 0.341 e. The smallest absolute Gasteiger partial charge is 0.341 e. The number of thiophene rings is 1. The molecule has 0 fully saturated rings. The van der Waals surface area contributed by atoms with Crippen LogP contribution in [0, 0.1) is 0 Å². The summed E-state index contributed by atoms with van der Waals surface area (Å²) < 4.78 is 16.0. The number of ether oxygens (including phenoxy) is 3. The van der Waals surface area contributed by atoms with Gasteiger partial charge in [-0.2, -0.15) is 0 Å². The predicted molar refractivity (Wildman–Crippen MR) is 125 cm³/mol. The van der Waals surface area contributed by atoms with E-state index >= 15 is 0 Å². The summed E-state index contributed by atoms with van der Waals surface area (Å²) in [6, 6.07) is 15.1. The number of thiocarbonyl (C=S) groups is 1. The van der Waals surface area contributed by atoms with Crippen molar-refractivity contribution in [2.45, 2.75) is 6.92 Å². The highest BCUT2D eigenvalue weighted by molar-refractivity contribution is 7.80. The minimum Gasteiger partial charge on any atom is -0.493 e. The number of anilines is 2. The van der Waals surface area contributed by atoms with Gasteiger partial charge in [-0.3, -0.25) is 0 Å². The molecule has 0 radical (unpaired) electrons. The van der Waals surface area contributed by atoms with Crippen molar-refractivity contribution in [2.24, 2.45) is 0 Å². The monoisotopic (exact) mass is 442 g/mol. The van der Waals surface area contributed by atoms with Crippen molar-refractivity contribution in [3.63, 3.8) is 0 Å². The van der Waals surface area contributed by atoms with E-state index in [1.807, 2.05) is 47.8 Å². The zero-order chi connectivity index (χ0) is 21.5. The summed E-state index contributed by atoms with van der Waals surface area (Å²) in [5.41, 5.74) is 2.81. The molecule has 1 heterocycles. The number of carbonyl (C=O) groups excluding carboxylic acids is 1. The first-order valence-corrected chi connectivity index (χ1v) is 10.5. The van der Waals surface area contributed by atoms with Gasteiger partial charge in [-0.15, -0.1) is 11.3 Å². The van der Waals surface area contributed by atoms with Crippen molar-refractivity contribution in [1.29, 1.82) is 0 Å². The van der Waals surface area contributed by atoms with E-state index in [0.717, 1.165) is 16.8 Å². The molecule has 0 aliphatic heterocycles. The van der Waals surface area contributed by atoms with Crippen LogP contribution >= 0.6 is 23.6 Å². The van der Waals surface area contributed by atoms with E-state index in [4.69, 9.17) is 26.4 Å². The highest BCUT2D eigenvalue weighted by Crippen LogP contribution is 2.39. The van der Waals surface area contributed by atoms with E-state index in [-0.39, 0.29) is 6.61 Å². The molecule has 3 aromatic rings. The summed E-state index contributed by atoms with van der Waals surface area (Å²) in [6.07, 6.45) is 0. The molecule has 156 valence electrons. The Morgan fingerprint density at radius 3 is 2.43 bits per heavy atom. The molecule has 0 bridgehead atoms. The quantitative estimate of drug-likeness (QED) is 0.374. The van der Waals surface area contributed by atoms with Crippen LogP contribution in [0.2, 0.25) is 0 Å². The molecule has 0 aliphatic carbocycles. The number of nitrogens with one attached hydrogen (secondary N) is 2. The van der Waals surface area contributed by atoms with Gasteiger partial charge in [0.15, 0.2) is 16.6 Å². The molecule has 0 spiro atoms. The van der Waals surface area contributed by atoms with Gasteiger partial charge >= 0.3 is 5.97 Å². The Morgan fingerprint density at radius 2 is 1.77 bits per heavy atom. The van der Waals surface area contributed by atoms with Gasteiger partial charge in [-0.05, 0) is 49.0 Å². The second-order valence-corrected chi connectivity index (χ2v) is 7.38. The highest BCUT2D eigenvalue weighted by Gasteiger charge is 2.23. The lowest BCUT2D eigenvalue weighted by Gasteiger charge is -2.13. The minimum atomic E-state index is -0.423. The predicted octanol–water partition coefficient (Wildman–Crippen LogP) is 5.42. The lowest BCUT2D eigenvalue weighted by Crippen LogP contribution is -2.20. The zero-order valence-electron chi connectivity index (χ0n) is 16.9. The average Bonchev–Trinajstić information content (AvgIpc) is 3.17. The van der Waals surface area contributed by atoms with Gasteiger partial charge in [0.1, 0.15) is 10.6 Å². The fraction of sp³-hybridized carbons (Fsp3) is 0.182. The van der Waals surface area contributed by atoms with Crippen molar-refractivity contribution < 1.29 is 19.0 Å². The molecule has 3 rings (SSSR count). The third-order valence-electron chi connectivity index (χ3n) is 4.22. The lowest BCUT2D eigenvalue weighted by atomic mass is 10.0. The molecule has 0 unspecified atom stereocenters. The molecule has 0 saturated heterocycles. The Hall–Kier alpha value is -3.10. The first-order chi connectivity index (χ1) is 14.6. The number of rotatable bonds is 7. The molecule has 8 heteroatoms. The maximum absolute atomic E-state index is 12.8. The number of hydrogen-bond donors (Lipinski definition) is 2.